The lowest BCUT2D eigenvalue weighted by Crippen LogP contribution is -2.31. The third-order valence-corrected chi connectivity index (χ3v) is 7.26. The third-order valence-electron chi connectivity index (χ3n) is 6.28. The van der Waals surface area contributed by atoms with Crippen molar-refractivity contribution < 1.29 is 4.57 Å². The van der Waals surface area contributed by atoms with Gasteiger partial charge in [0.15, 0.2) is 11.5 Å². The second-order valence-electron chi connectivity index (χ2n) is 11.3. The highest BCUT2D eigenvalue weighted by atomic mass is 32.1. The summed E-state index contributed by atoms with van der Waals surface area (Å²) in [6.07, 6.45) is 1.91. The Kier molecular flexibility index (Phi) is 5.48. The molecule has 0 aliphatic carbocycles. The summed E-state index contributed by atoms with van der Waals surface area (Å²) in [7, 11) is 2.07. The molecule has 0 atom stereocenters. The highest BCUT2D eigenvalue weighted by Gasteiger charge is 2.28. The molecule has 0 unspecified atom stereocenters. The summed E-state index contributed by atoms with van der Waals surface area (Å²) >= 11 is 1.70. The Morgan fingerprint density at radius 1 is 0.829 bits per heavy atom. The predicted molar refractivity (Wildman–Crippen MR) is 145 cm³/mol. The number of thiophene rings is 1. The van der Waals surface area contributed by atoms with Crippen LogP contribution >= 0.6 is 11.3 Å². The Morgan fingerprint density at radius 3 is 2.14 bits per heavy atom. The smallest absolute Gasteiger partial charge is 0.231 e. The Morgan fingerprint density at radius 2 is 1.49 bits per heavy atom. The molecule has 6 heteroatoms. The molecule has 5 nitrogen and oxygen atoms in total. The molecule has 0 N–H and O–H groups in total. The Balaban J connectivity index is 1.80. The van der Waals surface area contributed by atoms with Crippen LogP contribution in [-0.4, -0.2) is 19.9 Å². The topological polar surface area (TPSA) is 55.4 Å². The maximum Gasteiger partial charge on any atom is 0.287 e. The van der Waals surface area contributed by atoms with Gasteiger partial charge in [-0.25, -0.2) is 19.5 Å². The number of hydrogen-bond acceptors (Lipinski definition) is 5. The van der Waals surface area contributed by atoms with E-state index in [1.165, 1.54) is 27.6 Å². The van der Waals surface area contributed by atoms with Crippen LogP contribution in [0.2, 0.25) is 0 Å². The lowest BCUT2D eigenvalue weighted by atomic mass is 9.93. The van der Waals surface area contributed by atoms with E-state index in [4.69, 9.17) is 19.9 Å². The normalized spacial score (nSPS) is 12.6. The second kappa shape index (κ2) is 8.16. The van der Waals surface area contributed by atoms with E-state index in [0.29, 0.717) is 5.82 Å². The van der Waals surface area contributed by atoms with E-state index in [1.807, 2.05) is 6.33 Å². The van der Waals surface area contributed by atoms with Gasteiger partial charge < -0.3 is 0 Å². The lowest BCUT2D eigenvalue weighted by molar-refractivity contribution is -0.662. The molecule has 0 fully saturated rings. The van der Waals surface area contributed by atoms with E-state index < -0.39 is 0 Å². The molecular formula is C29H32N5S+. The highest BCUT2D eigenvalue weighted by molar-refractivity contribution is 7.18. The van der Waals surface area contributed by atoms with Crippen LogP contribution < -0.4 is 4.57 Å². The summed E-state index contributed by atoms with van der Waals surface area (Å²) < 4.78 is 3.27. The van der Waals surface area contributed by atoms with Crippen molar-refractivity contribution in [2.24, 2.45) is 7.05 Å². The van der Waals surface area contributed by atoms with Crippen LogP contribution in [0.5, 0.6) is 0 Å². The Labute approximate surface area is 211 Å². The van der Waals surface area contributed by atoms with Gasteiger partial charge in [-0.2, -0.15) is 0 Å². The zero-order valence-corrected chi connectivity index (χ0v) is 22.6. The maximum absolute atomic E-state index is 4.94. The first kappa shape index (κ1) is 23.5. The largest absolute Gasteiger partial charge is 0.287 e. The molecule has 0 saturated heterocycles. The minimum absolute atomic E-state index is 0.186. The first-order valence-corrected chi connectivity index (χ1v) is 12.8. The molecular weight excluding hydrogens is 450 g/mol. The predicted octanol–water partition coefficient (Wildman–Crippen LogP) is 6.70. The van der Waals surface area contributed by atoms with Crippen LogP contribution in [0, 0.1) is 6.92 Å². The summed E-state index contributed by atoms with van der Waals surface area (Å²) in [6, 6.07) is 13.0. The van der Waals surface area contributed by atoms with Crippen LogP contribution in [0.1, 0.15) is 58.8 Å². The average Bonchev–Trinajstić information content (AvgIpc) is 3.22. The van der Waals surface area contributed by atoms with Crippen LogP contribution in [-0.2, 0) is 17.9 Å². The van der Waals surface area contributed by atoms with Crippen molar-refractivity contribution in [3.05, 3.63) is 65.3 Å². The fraction of sp³-hybridized carbons (Fsp3) is 0.345. The fourth-order valence-corrected chi connectivity index (χ4v) is 5.41. The van der Waals surface area contributed by atoms with Gasteiger partial charge in [-0.1, -0.05) is 77.9 Å². The van der Waals surface area contributed by atoms with Crippen molar-refractivity contribution in [1.29, 1.82) is 0 Å². The molecule has 0 saturated carbocycles. The van der Waals surface area contributed by atoms with Crippen molar-refractivity contribution in [1.82, 2.24) is 19.9 Å². The Bertz CT molecular complexity index is 1550. The zero-order chi connectivity index (χ0) is 25.1. The van der Waals surface area contributed by atoms with E-state index in [9.17, 15) is 0 Å². The van der Waals surface area contributed by atoms with Crippen molar-refractivity contribution in [3.8, 4) is 22.6 Å². The van der Waals surface area contributed by atoms with Crippen molar-refractivity contribution >= 4 is 32.3 Å². The Hall–Kier alpha value is -3.25. The quantitative estimate of drug-likeness (QED) is 0.263. The number of hydrogen-bond donors (Lipinski definition) is 0. The lowest BCUT2D eigenvalue weighted by Gasteiger charge is -2.22. The third kappa shape index (κ3) is 4.10. The summed E-state index contributed by atoms with van der Waals surface area (Å²) in [4.78, 5) is 19.6. The molecule has 0 aliphatic heterocycles. The molecule has 0 amide bonds. The molecule has 3 heterocycles. The van der Waals surface area contributed by atoms with Crippen LogP contribution in [0.15, 0.2) is 48.1 Å². The second-order valence-corrected chi connectivity index (χ2v) is 12.2. The standard InChI is InChI=1S/C29H32N5S/c1-17-13-14-18-11-9-10-12-19(18)21(17)23-24-22(30-16-34(23)8)20(15-35-24)25-31-26(28(2,3)4)33-27(32-25)29(5,6)7/h9-16H,1-8H3/q+1. The first-order chi connectivity index (χ1) is 16.4. The number of rotatable bonds is 2. The van der Waals surface area contributed by atoms with Gasteiger partial charge in [0, 0.05) is 21.8 Å². The van der Waals surface area contributed by atoms with E-state index in [0.717, 1.165) is 27.4 Å². The van der Waals surface area contributed by atoms with Gasteiger partial charge in [-0.3, -0.25) is 0 Å². The molecule has 0 radical (unpaired) electrons. The number of benzene rings is 2. The molecule has 2 aromatic carbocycles. The molecule has 5 aromatic rings. The molecule has 0 spiro atoms. The molecule has 0 aliphatic rings. The maximum atomic E-state index is 4.94. The van der Waals surface area contributed by atoms with Gasteiger partial charge in [0.2, 0.25) is 5.52 Å². The summed E-state index contributed by atoms with van der Waals surface area (Å²) in [5.74, 6) is 2.31. The van der Waals surface area contributed by atoms with Gasteiger partial charge in [0.1, 0.15) is 16.3 Å². The summed E-state index contributed by atoms with van der Waals surface area (Å²) in [5.41, 5.74) is 5.18. The molecule has 35 heavy (non-hydrogen) atoms. The zero-order valence-electron chi connectivity index (χ0n) is 21.8. The van der Waals surface area contributed by atoms with E-state index in [1.54, 1.807) is 11.3 Å². The van der Waals surface area contributed by atoms with Gasteiger partial charge in [-0.15, -0.1) is 11.3 Å². The number of aryl methyl sites for hydroxylation is 2. The monoisotopic (exact) mass is 482 g/mol. The van der Waals surface area contributed by atoms with E-state index in [-0.39, 0.29) is 10.8 Å². The van der Waals surface area contributed by atoms with E-state index >= 15 is 0 Å². The van der Waals surface area contributed by atoms with Crippen LogP contribution in [0.25, 0.3) is 43.6 Å². The average molecular weight is 483 g/mol. The van der Waals surface area contributed by atoms with Gasteiger partial charge in [0.05, 0.1) is 12.6 Å². The van der Waals surface area contributed by atoms with Crippen molar-refractivity contribution in [2.75, 3.05) is 0 Å². The molecule has 178 valence electrons. The highest BCUT2D eigenvalue weighted by Crippen LogP contribution is 2.39. The van der Waals surface area contributed by atoms with Crippen molar-refractivity contribution in [3.63, 3.8) is 0 Å². The summed E-state index contributed by atoms with van der Waals surface area (Å²) in [5, 5.41) is 4.63. The minimum Gasteiger partial charge on any atom is -0.231 e. The van der Waals surface area contributed by atoms with Crippen LogP contribution in [0.3, 0.4) is 0 Å². The SMILES string of the molecule is Cc1ccc2ccccc2c1-c1c2scc(-c3nc(C(C)(C)C)nc(C(C)(C)C)n3)c2nc[n+]1C. The minimum atomic E-state index is -0.186. The number of fused-ring (bicyclic) bond motifs is 2. The summed E-state index contributed by atoms with van der Waals surface area (Å²) in [6.45, 7) is 15.0. The number of nitrogens with zero attached hydrogens (tertiary/aromatic N) is 5. The van der Waals surface area contributed by atoms with Crippen molar-refractivity contribution in [2.45, 2.75) is 59.3 Å². The number of aromatic nitrogens is 5. The van der Waals surface area contributed by atoms with Gasteiger partial charge in [-0.05, 0) is 28.2 Å². The first-order valence-electron chi connectivity index (χ1n) is 12.0. The molecule has 5 rings (SSSR count). The van der Waals surface area contributed by atoms with Gasteiger partial charge in [0.25, 0.3) is 6.33 Å². The fourth-order valence-electron chi connectivity index (χ4n) is 4.32. The van der Waals surface area contributed by atoms with E-state index in [2.05, 4.69) is 102 Å². The molecule has 0 bridgehead atoms. The molecule has 3 aromatic heterocycles. The van der Waals surface area contributed by atoms with Crippen LogP contribution in [0.4, 0.5) is 0 Å². The van der Waals surface area contributed by atoms with Gasteiger partial charge >= 0.3 is 0 Å².